The van der Waals surface area contributed by atoms with Gasteiger partial charge in [-0.3, -0.25) is 0 Å². The molecule has 2 heterocycles. The largest absolute Gasteiger partial charge is 0.465 e. The van der Waals surface area contributed by atoms with E-state index in [9.17, 15) is 4.79 Å². The van der Waals surface area contributed by atoms with E-state index >= 15 is 0 Å². The van der Waals surface area contributed by atoms with E-state index in [2.05, 4.69) is 14.7 Å². The number of esters is 1. The first-order valence-electron chi connectivity index (χ1n) is 4.66. The predicted octanol–water partition coefficient (Wildman–Crippen LogP) is 1.64. The highest BCUT2D eigenvalue weighted by Gasteiger charge is 2.17. The third-order valence-electron chi connectivity index (χ3n) is 2.20. The monoisotopic (exact) mass is 237 g/mol. The molecule has 0 aliphatic rings. The van der Waals surface area contributed by atoms with Crippen LogP contribution in [-0.2, 0) is 11.8 Å². The summed E-state index contributed by atoms with van der Waals surface area (Å²) in [5.41, 5.74) is 1.58. The van der Waals surface area contributed by atoms with Crippen LogP contribution in [0.25, 0.3) is 10.7 Å². The fourth-order valence-electron chi connectivity index (χ4n) is 1.35. The van der Waals surface area contributed by atoms with Crippen LogP contribution in [0.15, 0.2) is 12.5 Å². The fraction of sp³-hybridized carbons (Fsp3) is 0.300. The maximum atomic E-state index is 11.4. The normalized spacial score (nSPS) is 10.4. The van der Waals surface area contributed by atoms with E-state index in [0.717, 1.165) is 10.7 Å². The second-order valence-corrected chi connectivity index (χ2v) is 4.31. The van der Waals surface area contributed by atoms with Gasteiger partial charge in [-0.2, -0.15) is 0 Å². The molecule has 0 N–H and O–H groups in total. The van der Waals surface area contributed by atoms with Gasteiger partial charge in [0.15, 0.2) is 0 Å². The molecular weight excluding hydrogens is 226 g/mol. The van der Waals surface area contributed by atoms with E-state index in [1.165, 1.54) is 18.4 Å². The lowest BCUT2D eigenvalue weighted by Gasteiger charge is -1.95. The quantitative estimate of drug-likeness (QED) is 0.745. The molecule has 0 radical (unpaired) electrons. The standard InChI is InChI=1S/C10H11N3O2S/c1-6-8(10(14)15-3)16-9(12-6)7-4-11-5-13(7)2/h4-5H,1-3H3. The first-order chi connectivity index (χ1) is 7.63. The molecule has 0 unspecified atom stereocenters. The van der Waals surface area contributed by atoms with Gasteiger partial charge in [0.25, 0.3) is 0 Å². The van der Waals surface area contributed by atoms with Gasteiger partial charge in [-0.25, -0.2) is 14.8 Å². The van der Waals surface area contributed by atoms with Gasteiger partial charge >= 0.3 is 5.97 Å². The van der Waals surface area contributed by atoms with Gasteiger partial charge in [-0.1, -0.05) is 0 Å². The van der Waals surface area contributed by atoms with Crippen molar-refractivity contribution in [2.45, 2.75) is 6.92 Å². The summed E-state index contributed by atoms with van der Waals surface area (Å²) in [7, 11) is 3.25. The summed E-state index contributed by atoms with van der Waals surface area (Å²) in [6.07, 6.45) is 3.42. The Kier molecular flexibility index (Phi) is 2.74. The smallest absolute Gasteiger partial charge is 0.349 e. The molecule has 0 amide bonds. The average Bonchev–Trinajstić information content (AvgIpc) is 2.83. The van der Waals surface area contributed by atoms with Crippen molar-refractivity contribution in [3.8, 4) is 10.7 Å². The Morgan fingerprint density at radius 3 is 2.88 bits per heavy atom. The maximum absolute atomic E-state index is 11.4. The zero-order chi connectivity index (χ0) is 11.7. The number of hydrogen-bond acceptors (Lipinski definition) is 5. The number of aryl methyl sites for hydroxylation is 2. The van der Waals surface area contributed by atoms with Gasteiger partial charge in [0.05, 0.1) is 31.0 Å². The van der Waals surface area contributed by atoms with Gasteiger partial charge in [-0.05, 0) is 6.92 Å². The van der Waals surface area contributed by atoms with Crippen LogP contribution in [0.4, 0.5) is 0 Å². The molecule has 0 bridgehead atoms. The molecule has 5 nitrogen and oxygen atoms in total. The van der Waals surface area contributed by atoms with Gasteiger partial charge in [0.1, 0.15) is 9.88 Å². The van der Waals surface area contributed by atoms with Crippen LogP contribution in [-0.4, -0.2) is 27.6 Å². The number of carbonyl (C=O) groups excluding carboxylic acids is 1. The van der Waals surface area contributed by atoms with E-state index in [1.807, 2.05) is 11.6 Å². The molecule has 84 valence electrons. The minimum Gasteiger partial charge on any atom is -0.465 e. The van der Waals surface area contributed by atoms with Crippen molar-refractivity contribution in [3.05, 3.63) is 23.1 Å². The van der Waals surface area contributed by atoms with Crippen LogP contribution in [0.5, 0.6) is 0 Å². The summed E-state index contributed by atoms with van der Waals surface area (Å²) in [5, 5.41) is 0.776. The number of ether oxygens (including phenoxy) is 1. The van der Waals surface area contributed by atoms with E-state index in [0.29, 0.717) is 10.6 Å². The Balaban J connectivity index is 2.46. The fourth-order valence-corrected chi connectivity index (χ4v) is 2.39. The van der Waals surface area contributed by atoms with Gasteiger partial charge in [-0.15, -0.1) is 11.3 Å². The number of carbonyl (C=O) groups is 1. The molecule has 6 heteroatoms. The predicted molar refractivity (Wildman–Crippen MR) is 60.4 cm³/mol. The van der Waals surface area contributed by atoms with Crippen molar-refractivity contribution in [2.75, 3.05) is 7.11 Å². The lowest BCUT2D eigenvalue weighted by Crippen LogP contribution is -1.99. The number of methoxy groups -OCH3 is 1. The van der Waals surface area contributed by atoms with Crippen LogP contribution in [0, 0.1) is 6.92 Å². The van der Waals surface area contributed by atoms with Gasteiger partial charge in [0, 0.05) is 7.05 Å². The molecule has 2 rings (SSSR count). The molecule has 0 saturated carbocycles. The molecule has 2 aromatic rings. The number of nitrogens with zero attached hydrogens (tertiary/aromatic N) is 3. The molecule has 0 aliphatic carbocycles. The highest BCUT2D eigenvalue weighted by atomic mass is 32.1. The SMILES string of the molecule is COC(=O)c1sc(-c2cncn2C)nc1C. The molecule has 0 atom stereocenters. The molecule has 0 spiro atoms. The Labute approximate surface area is 96.7 Å². The minimum absolute atomic E-state index is 0.344. The summed E-state index contributed by atoms with van der Waals surface area (Å²) in [5.74, 6) is -0.344. The van der Waals surface area contributed by atoms with E-state index in [4.69, 9.17) is 0 Å². The average molecular weight is 237 g/mol. The van der Waals surface area contributed by atoms with Crippen molar-refractivity contribution in [1.82, 2.24) is 14.5 Å². The highest BCUT2D eigenvalue weighted by Crippen LogP contribution is 2.27. The Morgan fingerprint density at radius 2 is 2.31 bits per heavy atom. The molecular formula is C10H11N3O2S. The van der Waals surface area contributed by atoms with Crippen LogP contribution < -0.4 is 0 Å². The molecule has 0 aromatic carbocycles. The second kappa shape index (κ2) is 4.05. The Morgan fingerprint density at radius 1 is 1.56 bits per heavy atom. The topological polar surface area (TPSA) is 57.0 Å². The van der Waals surface area contributed by atoms with Crippen LogP contribution in [0.3, 0.4) is 0 Å². The van der Waals surface area contributed by atoms with Crippen molar-refractivity contribution in [3.63, 3.8) is 0 Å². The molecule has 0 fully saturated rings. The third kappa shape index (κ3) is 1.71. The second-order valence-electron chi connectivity index (χ2n) is 3.31. The number of imidazole rings is 1. The van der Waals surface area contributed by atoms with E-state index in [-0.39, 0.29) is 5.97 Å². The van der Waals surface area contributed by atoms with Gasteiger partial charge in [0.2, 0.25) is 0 Å². The van der Waals surface area contributed by atoms with E-state index in [1.54, 1.807) is 19.4 Å². The molecule has 2 aromatic heterocycles. The summed E-state index contributed by atoms with van der Waals surface area (Å²) >= 11 is 1.32. The Hall–Kier alpha value is -1.69. The summed E-state index contributed by atoms with van der Waals surface area (Å²) in [6, 6.07) is 0. The van der Waals surface area contributed by atoms with Crippen molar-refractivity contribution < 1.29 is 9.53 Å². The maximum Gasteiger partial charge on any atom is 0.349 e. The molecule has 16 heavy (non-hydrogen) atoms. The highest BCUT2D eigenvalue weighted by molar-refractivity contribution is 7.17. The first kappa shape index (κ1) is 10.8. The summed E-state index contributed by atoms with van der Waals surface area (Å²) in [6.45, 7) is 1.79. The first-order valence-corrected chi connectivity index (χ1v) is 5.47. The number of hydrogen-bond donors (Lipinski definition) is 0. The lowest BCUT2D eigenvalue weighted by molar-refractivity contribution is 0.0605. The van der Waals surface area contributed by atoms with Crippen LogP contribution in [0.2, 0.25) is 0 Å². The van der Waals surface area contributed by atoms with Crippen molar-refractivity contribution in [1.29, 1.82) is 0 Å². The zero-order valence-electron chi connectivity index (χ0n) is 9.22. The molecule has 0 saturated heterocycles. The summed E-state index contributed by atoms with van der Waals surface area (Å²) < 4.78 is 6.55. The van der Waals surface area contributed by atoms with Crippen molar-refractivity contribution >= 4 is 17.3 Å². The number of thiazole rings is 1. The van der Waals surface area contributed by atoms with E-state index < -0.39 is 0 Å². The number of aromatic nitrogens is 3. The van der Waals surface area contributed by atoms with Crippen LogP contribution >= 0.6 is 11.3 Å². The number of rotatable bonds is 2. The molecule has 0 aliphatic heterocycles. The van der Waals surface area contributed by atoms with Crippen LogP contribution in [0.1, 0.15) is 15.4 Å². The van der Waals surface area contributed by atoms with Crippen molar-refractivity contribution in [2.24, 2.45) is 7.05 Å². The minimum atomic E-state index is -0.344. The third-order valence-corrected chi connectivity index (χ3v) is 3.36. The lowest BCUT2D eigenvalue weighted by atomic mass is 10.4. The summed E-state index contributed by atoms with van der Waals surface area (Å²) in [4.78, 5) is 20.3. The van der Waals surface area contributed by atoms with Gasteiger partial charge < -0.3 is 9.30 Å². The zero-order valence-corrected chi connectivity index (χ0v) is 10.0. The Bertz CT molecular complexity index is 530.